The molecule has 276 valence electrons. The molecule has 0 amide bonds. The first-order valence-corrected chi connectivity index (χ1v) is 23.4. The summed E-state index contributed by atoms with van der Waals surface area (Å²) >= 11 is 12.0. The minimum atomic E-state index is -5.30. The first-order valence-electron chi connectivity index (χ1n) is 12.4. The summed E-state index contributed by atoms with van der Waals surface area (Å²) in [4.78, 5) is -11.7. The van der Waals surface area contributed by atoms with Crippen molar-refractivity contribution in [2.75, 3.05) is 0 Å². The van der Waals surface area contributed by atoms with Gasteiger partial charge in [-0.25, -0.2) is 25.3 Å². The minimum Gasteiger partial charge on any atom is -0.282 e. The number of benzene rings is 4. The molecule has 0 spiro atoms. The number of halogens is 2. The van der Waals surface area contributed by atoms with E-state index in [1.54, 1.807) is 0 Å². The summed E-state index contributed by atoms with van der Waals surface area (Å²) in [5.41, 5.74) is 0. The molecule has 0 unspecified atom stereocenters. The summed E-state index contributed by atoms with van der Waals surface area (Å²) in [5.74, 6) is 0. The van der Waals surface area contributed by atoms with Gasteiger partial charge in [0.25, 0.3) is 40.5 Å². The molecule has 4 aromatic rings. The third kappa shape index (κ3) is 8.29. The Morgan fingerprint density at radius 2 is 0.549 bits per heavy atom. The third-order valence-electron chi connectivity index (χ3n) is 6.52. The molecule has 0 saturated carbocycles. The molecule has 0 aliphatic carbocycles. The van der Waals surface area contributed by atoms with Gasteiger partial charge in [-0.1, -0.05) is 23.2 Å². The molecule has 4 rings (SSSR count). The quantitative estimate of drug-likeness (QED) is 0.166. The molecule has 51 heavy (non-hydrogen) atoms. The average Bonchev–Trinajstić information content (AvgIpc) is 2.99. The Morgan fingerprint density at radius 3 is 0.784 bits per heavy atom. The van der Waals surface area contributed by atoms with Gasteiger partial charge in [0.15, 0.2) is 0 Å². The first-order chi connectivity index (χ1) is 22.9. The third-order valence-corrected chi connectivity index (χ3v) is 16.0. The minimum absolute atomic E-state index is 0.223. The molecule has 0 saturated heterocycles. The van der Waals surface area contributed by atoms with Crippen molar-refractivity contribution in [2.24, 2.45) is 0 Å². The fourth-order valence-electron chi connectivity index (χ4n) is 4.10. The molecule has 0 aromatic heterocycles. The van der Waals surface area contributed by atoms with E-state index in [-0.39, 0.29) is 36.4 Å². The van der Waals surface area contributed by atoms with Crippen LogP contribution in [-0.4, -0.2) is 77.1 Å². The van der Waals surface area contributed by atoms with Gasteiger partial charge in [-0.3, -0.25) is 18.2 Å². The largest absolute Gasteiger partial charge is 0.294 e. The second-order valence-electron chi connectivity index (χ2n) is 9.88. The van der Waals surface area contributed by atoms with E-state index in [0.717, 1.165) is 24.3 Å². The lowest BCUT2D eigenvalue weighted by Gasteiger charge is -2.13. The van der Waals surface area contributed by atoms with Crippen molar-refractivity contribution < 1.29 is 77.1 Å². The van der Waals surface area contributed by atoms with Crippen LogP contribution < -0.4 is 0 Å². The zero-order valence-electron chi connectivity index (χ0n) is 24.0. The SMILES string of the molecule is O=S(=O)(O)c1cc(S(=O)(=O)O)cc(S(=O)(=O)c2cc(S(=O)(=O)c3ccc(Cl)c(S(=O)(=O)c4cc(S(=O)(=O)O)cc(S(=O)(=O)O)c4)c3)ccc2Cl)c1. The van der Waals surface area contributed by atoms with E-state index in [1.807, 2.05) is 0 Å². The maximum atomic E-state index is 13.7. The van der Waals surface area contributed by atoms with Crippen molar-refractivity contribution in [3.63, 3.8) is 0 Å². The lowest BCUT2D eigenvalue weighted by molar-refractivity contribution is 0.476. The van der Waals surface area contributed by atoms with Gasteiger partial charge in [-0.15, -0.1) is 0 Å². The van der Waals surface area contributed by atoms with Crippen LogP contribution in [0.2, 0.25) is 10.0 Å². The van der Waals surface area contributed by atoms with Gasteiger partial charge >= 0.3 is 0 Å². The number of hydrogen-bond acceptors (Lipinski definition) is 14. The Balaban J connectivity index is 1.93. The van der Waals surface area contributed by atoms with Crippen LogP contribution >= 0.6 is 23.2 Å². The van der Waals surface area contributed by atoms with Crippen LogP contribution in [0, 0.1) is 0 Å². The van der Waals surface area contributed by atoms with E-state index in [9.17, 15) is 77.1 Å². The lowest BCUT2D eigenvalue weighted by Crippen LogP contribution is -2.11. The van der Waals surface area contributed by atoms with Crippen LogP contribution in [-0.2, 0) is 70.0 Å². The summed E-state index contributed by atoms with van der Waals surface area (Å²) in [6.07, 6.45) is 0. The van der Waals surface area contributed by atoms with Gasteiger partial charge in [0.1, 0.15) is 0 Å². The number of sulfone groups is 3. The second-order valence-corrected chi connectivity index (χ2v) is 22.2. The van der Waals surface area contributed by atoms with E-state index < -0.39 is 129 Å². The Morgan fingerprint density at radius 1 is 0.314 bits per heavy atom. The van der Waals surface area contributed by atoms with Gasteiger partial charge in [-0.05, 0) is 72.8 Å². The Labute approximate surface area is 300 Å². The maximum absolute atomic E-state index is 13.7. The summed E-state index contributed by atoms with van der Waals surface area (Å²) in [5, 5.41) is -1.43. The maximum Gasteiger partial charge on any atom is 0.294 e. The van der Waals surface area contributed by atoms with E-state index in [1.165, 1.54) is 0 Å². The summed E-state index contributed by atoms with van der Waals surface area (Å²) < 4.78 is 213. The van der Waals surface area contributed by atoms with E-state index >= 15 is 0 Å². The summed E-state index contributed by atoms with van der Waals surface area (Å²) in [6, 6.07) is 5.31. The second kappa shape index (κ2) is 13.1. The molecule has 0 atom stereocenters. The highest BCUT2D eigenvalue weighted by Crippen LogP contribution is 2.37. The molecule has 0 bridgehead atoms. The molecule has 0 fully saturated rings. The van der Waals surface area contributed by atoms with Gasteiger partial charge in [-0.2, -0.15) is 33.7 Å². The van der Waals surface area contributed by atoms with Crippen molar-refractivity contribution >= 4 is 93.2 Å². The van der Waals surface area contributed by atoms with Crippen LogP contribution in [0.25, 0.3) is 0 Å². The van der Waals surface area contributed by atoms with Gasteiger partial charge < -0.3 is 0 Å². The Bertz CT molecular complexity index is 2660. The normalized spacial score (nSPS) is 13.6. The molecule has 0 aliphatic heterocycles. The standard InChI is InChI=1S/C24H16Cl2O18S7/c25-21-3-1-13(11-23(21)46(29,30)15-5-17(48(33,34)35)9-18(6-15)49(36,37)38)45(27,28)14-2-4-22(26)24(12-14)47(31,32)16-7-19(50(39,40)41)10-20(8-16)51(42,43)44/h1-12H,(H,33,34,35)(H,36,37,38)(H,39,40,41)(H,42,43,44). The molecule has 4 aromatic carbocycles. The van der Waals surface area contributed by atoms with E-state index in [0.29, 0.717) is 12.1 Å². The fraction of sp³-hybridized carbons (Fsp3) is 0. The molecule has 0 heterocycles. The molecule has 0 radical (unpaired) electrons. The molecule has 4 N–H and O–H groups in total. The van der Waals surface area contributed by atoms with Crippen LogP contribution in [0.5, 0.6) is 0 Å². The zero-order chi connectivity index (χ0) is 38.9. The van der Waals surface area contributed by atoms with Crippen LogP contribution in [0.4, 0.5) is 0 Å². The van der Waals surface area contributed by atoms with Crippen molar-refractivity contribution in [2.45, 2.75) is 49.0 Å². The van der Waals surface area contributed by atoms with Crippen molar-refractivity contribution in [3.05, 3.63) is 82.8 Å². The lowest BCUT2D eigenvalue weighted by atomic mass is 10.3. The van der Waals surface area contributed by atoms with E-state index in [2.05, 4.69) is 0 Å². The molecular weight excluding hydrogens is 872 g/mol. The van der Waals surface area contributed by atoms with Crippen molar-refractivity contribution in [3.8, 4) is 0 Å². The predicted molar refractivity (Wildman–Crippen MR) is 171 cm³/mol. The highest BCUT2D eigenvalue weighted by atomic mass is 35.5. The predicted octanol–water partition coefficient (Wildman–Crippen LogP) is 2.48. The molecule has 0 aliphatic rings. The van der Waals surface area contributed by atoms with Crippen LogP contribution in [0.15, 0.2) is 122 Å². The molecular formula is C24H16Cl2O18S7. The Hall–Kier alpha value is -3.05. The van der Waals surface area contributed by atoms with E-state index in [4.69, 9.17) is 23.2 Å². The molecule has 27 heteroatoms. The Kier molecular flexibility index (Phi) is 10.5. The van der Waals surface area contributed by atoms with Crippen LogP contribution in [0.3, 0.4) is 0 Å². The summed E-state index contributed by atoms with van der Waals surface area (Å²) in [6.45, 7) is 0. The average molecular weight is 888 g/mol. The highest BCUT2D eigenvalue weighted by molar-refractivity contribution is 7.93. The van der Waals surface area contributed by atoms with Crippen molar-refractivity contribution in [1.29, 1.82) is 0 Å². The summed E-state index contributed by atoms with van der Waals surface area (Å²) in [7, 11) is -36.6. The highest BCUT2D eigenvalue weighted by Gasteiger charge is 2.32. The number of rotatable bonds is 10. The topological polar surface area (TPSA) is 320 Å². The van der Waals surface area contributed by atoms with Crippen LogP contribution in [0.1, 0.15) is 0 Å². The monoisotopic (exact) mass is 886 g/mol. The smallest absolute Gasteiger partial charge is 0.282 e. The first kappa shape index (κ1) is 40.7. The van der Waals surface area contributed by atoms with Gasteiger partial charge in [0.2, 0.25) is 29.5 Å². The van der Waals surface area contributed by atoms with Gasteiger partial charge in [0, 0.05) is 0 Å². The number of hydrogen-bond donors (Lipinski definition) is 4. The van der Waals surface area contributed by atoms with Gasteiger partial charge in [0.05, 0.1) is 59.0 Å². The van der Waals surface area contributed by atoms with Crippen molar-refractivity contribution in [1.82, 2.24) is 0 Å². The molecule has 18 nitrogen and oxygen atoms in total. The fourth-order valence-corrected chi connectivity index (χ4v) is 11.9. The zero-order valence-corrected chi connectivity index (χ0v) is 31.3.